The summed E-state index contributed by atoms with van der Waals surface area (Å²) < 4.78 is 1.72. The first-order chi connectivity index (χ1) is 14.5. The molecule has 30 heavy (non-hydrogen) atoms. The number of amides is 2. The van der Waals surface area contributed by atoms with Gasteiger partial charge in [-0.2, -0.15) is 9.61 Å². The van der Waals surface area contributed by atoms with Crippen LogP contribution in [0.25, 0.3) is 11.7 Å². The molecule has 3 aromatic rings. The molecule has 1 aliphatic heterocycles. The van der Waals surface area contributed by atoms with Gasteiger partial charge in [-0.15, -0.1) is 0 Å². The summed E-state index contributed by atoms with van der Waals surface area (Å²) >= 11 is 5.98. The van der Waals surface area contributed by atoms with Gasteiger partial charge in [0.15, 0.2) is 5.65 Å². The molecule has 2 aliphatic rings. The van der Waals surface area contributed by atoms with Gasteiger partial charge in [0.05, 0.1) is 12.6 Å². The number of imide groups is 1. The average Bonchev–Trinajstić information content (AvgIpc) is 3.39. The van der Waals surface area contributed by atoms with E-state index < -0.39 is 0 Å². The van der Waals surface area contributed by atoms with Crippen LogP contribution in [0.2, 0.25) is 5.02 Å². The van der Waals surface area contributed by atoms with Gasteiger partial charge >= 0.3 is 0 Å². The highest BCUT2D eigenvalue weighted by atomic mass is 35.5. The average molecular weight is 423 g/mol. The third kappa shape index (κ3) is 3.86. The zero-order valence-electron chi connectivity index (χ0n) is 16.0. The van der Waals surface area contributed by atoms with Gasteiger partial charge in [-0.3, -0.25) is 14.9 Å². The molecule has 8 nitrogen and oxygen atoms in total. The number of hydrogen-bond acceptors (Lipinski definition) is 6. The van der Waals surface area contributed by atoms with Gasteiger partial charge in [0.1, 0.15) is 11.6 Å². The number of hydrogen-bond donors (Lipinski definition) is 3. The molecule has 152 valence electrons. The lowest BCUT2D eigenvalue weighted by atomic mass is 10.1. The predicted octanol–water partition coefficient (Wildman–Crippen LogP) is 3.38. The van der Waals surface area contributed by atoms with E-state index in [9.17, 15) is 9.59 Å². The number of rotatable bonds is 6. The first-order valence-corrected chi connectivity index (χ1v) is 10.1. The summed E-state index contributed by atoms with van der Waals surface area (Å²) in [4.78, 5) is 28.2. The molecule has 0 spiro atoms. The summed E-state index contributed by atoms with van der Waals surface area (Å²) in [7, 11) is 0. The molecule has 0 atom stereocenters. The molecule has 1 saturated carbocycles. The maximum atomic E-state index is 12.0. The molecule has 1 aromatic carbocycles. The molecule has 2 aromatic heterocycles. The fraction of sp³-hybridized carbons (Fsp3) is 0.238. The molecule has 0 bridgehead atoms. The van der Waals surface area contributed by atoms with Crippen LogP contribution in [0.5, 0.6) is 0 Å². The van der Waals surface area contributed by atoms with E-state index in [-0.39, 0.29) is 18.2 Å². The zero-order valence-corrected chi connectivity index (χ0v) is 16.7. The van der Waals surface area contributed by atoms with Crippen LogP contribution >= 0.6 is 11.6 Å². The molecular formula is C21H19ClN6O2. The number of nitrogens with zero attached hydrogens (tertiary/aromatic N) is 3. The number of fused-ring (bicyclic) bond motifs is 1. The molecule has 2 fully saturated rings. The van der Waals surface area contributed by atoms with Crippen molar-refractivity contribution in [3.63, 3.8) is 0 Å². The van der Waals surface area contributed by atoms with Gasteiger partial charge in [-0.25, -0.2) is 4.98 Å². The Kier molecular flexibility index (Phi) is 4.63. The Labute approximate surface area is 177 Å². The Morgan fingerprint density at radius 3 is 2.73 bits per heavy atom. The summed E-state index contributed by atoms with van der Waals surface area (Å²) in [6.07, 6.45) is 5.85. The van der Waals surface area contributed by atoms with Crippen LogP contribution in [-0.4, -0.2) is 33.0 Å². The third-order valence-electron chi connectivity index (χ3n) is 5.11. The SMILES string of the molecule is O=C1C/C(=C\c2cnn3c(NCC4CC4)cc(Nc4ccc(Cl)cc4)nc23)C(=O)N1. The van der Waals surface area contributed by atoms with Crippen molar-refractivity contribution in [3.8, 4) is 0 Å². The number of aromatic nitrogens is 3. The predicted molar refractivity (Wildman–Crippen MR) is 115 cm³/mol. The molecule has 0 unspecified atom stereocenters. The number of nitrogens with one attached hydrogen (secondary N) is 3. The lowest BCUT2D eigenvalue weighted by Gasteiger charge is -2.12. The molecular weight excluding hydrogens is 404 g/mol. The van der Waals surface area contributed by atoms with Gasteiger partial charge in [-0.1, -0.05) is 11.6 Å². The molecule has 1 saturated heterocycles. The van der Waals surface area contributed by atoms with Crippen molar-refractivity contribution in [3.05, 3.63) is 52.7 Å². The van der Waals surface area contributed by atoms with Gasteiger partial charge in [-0.05, 0) is 49.1 Å². The van der Waals surface area contributed by atoms with E-state index in [1.807, 2.05) is 18.2 Å². The van der Waals surface area contributed by atoms with Gasteiger partial charge in [0.2, 0.25) is 5.91 Å². The quantitative estimate of drug-likeness (QED) is 0.416. The van der Waals surface area contributed by atoms with E-state index in [0.717, 1.165) is 18.1 Å². The molecule has 3 N–H and O–H groups in total. The fourth-order valence-corrected chi connectivity index (χ4v) is 3.46. The Morgan fingerprint density at radius 1 is 1.23 bits per heavy atom. The Bertz CT molecular complexity index is 1180. The summed E-state index contributed by atoms with van der Waals surface area (Å²) in [5.74, 6) is 1.45. The van der Waals surface area contributed by atoms with Gasteiger partial charge < -0.3 is 10.6 Å². The first-order valence-electron chi connectivity index (χ1n) is 9.75. The number of anilines is 3. The van der Waals surface area contributed by atoms with Gasteiger partial charge in [0.25, 0.3) is 5.91 Å². The number of carbonyl (C=O) groups excluding carboxylic acids is 2. The van der Waals surface area contributed by atoms with E-state index in [4.69, 9.17) is 16.6 Å². The van der Waals surface area contributed by atoms with Crippen molar-refractivity contribution < 1.29 is 9.59 Å². The lowest BCUT2D eigenvalue weighted by Crippen LogP contribution is -2.19. The van der Waals surface area contributed by atoms with Crippen LogP contribution in [0.1, 0.15) is 24.8 Å². The van der Waals surface area contributed by atoms with Crippen molar-refractivity contribution >= 4 is 52.5 Å². The maximum Gasteiger partial charge on any atom is 0.254 e. The van der Waals surface area contributed by atoms with Crippen LogP contribution < -0.4 is 16.0 Å². The van der Waals surface area contributed by atoms with E-state index in [0.29, 0.717) is 33.5 Å². The Hall–Kier alpha value is -3.39. The number of benzene rings is 1. The molecule has 3 heterocycles. The minimum atomic E-state index is -0.373. The highest BCUT2D eigenvalue weighted by Gasteiger charge is 2.25. The van der Waals surface area contributed by atoms with E-state index >= 15 is 0 Å². The van der Waals surface area contributed by atoms with Crippen LogP contribution in [0.4, 0.5) is 17.3 Å². The van der Waals surface area contributed by atoms with E-state index in [1.165, 1.54) is 12.8 Å². The van der Waals surface area contributed by atoms with Crippen LogP contribution in [-0.2, 0) is 9.59 Å². The second kappa shape index (κ2) is 7.46. The molecule has 1 aliphatic carbocycles. The van der Waals surface area contributed by atoms with Crippen LogP contribution in [0, 0.1) is 5.92 Å². The number of carbonyl (C=O) groups is 2. The van der Waals surface area contributed by atoms with Crippen molar-refractivity contribution in [2.24, 2.45) is 5.92 Å². The van der Waals surface area contributed by atoms with E-state index in [1.54, 1.807) is 28.9 Å². The third-order valence-corrected chi connectivity index (χ3v) is 5.36. The molecule has 9 heteroatoms. The maximum absolute atomic E-state index is 12.0. The zero-order chi connectivity index (χ0) is 20.7. The molecule has 0 radical (unpaired) electrons. The minimum absolute atomic E-state index is 0.0612. The standard InChI is InChI=1S/C21H19ClN6O2/c22-15-3-5-16(6-4-15)25-17-9-18(23-10-12-1-2-12)28-20(26-17)14(11-24-28)7-13-8-19(29)27-21(13)30/h3-7,9,11-12,23H,1-2,8,10H2,(H,25,26)(H,27,29,30)/b13-7+. The normalized spacial score (nSPS) is 17.6. The first kappa shape index (κ1) is 18.6. The topological polar surface area (TPSA) is 100 Å². The monoisotopic (exact) mass is 422 g/mol. The summed E-state index contributed by atoms with van der Waals surface area (Å²) in [5.41, 5.74) is 2.51. The second-order valence-electron chi connectivity index (χ2n) is 7.54. The van der Waals surface area contributed by atoms with Gasteiger partial charge in [0, 0.05) is 34.5 Å². The van der Waals surface area contributed by atoms with Crippen molar-refractivity contribution in [1.82, 2.24) is 19.9 Å². The Balaban J connectivity index is 1.54. The smallest absolute Gasteiger partial charge is 0.254 e. The number of halogens is 1. The minimum Gasteiger partial charge on any atom is -0.370 e. The molecule has 2 amide bonds. The van der Waals surface area contributed by atoms with Crippen molar-refractivity contribution in [2.75, 3.05) is 17.2 Å². The highest BCUT2D eigenvalue weighted by molar-refractivity contribution is 6.30. The highest BCUT2D eigenvalue weighted by Crippen LogP contribution is 2.30. The summed E-state index contributed by atoms with van der Waals surface area (Å²) in [6.45, 7) is 0.868. The summed E-state index contributed by atoms with van der Waals surface area (Å²) in [5, 5.41) is 14.1. The Morgan fingerprint density at radius 2 is 2.03 bits per heavy atom. The van der Waals surface area contributed by atoms with Crippen LogP contribution in [0.3, 0.4) is 0 Å². The summed E-state index contributed by atoms with van der Waals surface area (Å²) in [6, 6.07) is 9.26. The van der Waals surface area contributed by atoms with Crippen molar-refractivity contribution in [2.45, 2.75) is 19.3 Å². The fourth-order valence-electron chi connectivity index (χ4n) is 3.33. The van der Waals surface area contributed by atoms with E-state index in [2.05, 4.69) is 21.0 Å². The second-order valence-corrected chi connectivity index (χ2v) is 7.98. The molecule has 5 rings (SSSR count). The lowest BCUT2D eigenvalue weighted by molar-refractivity contribution is -0.124. The largest absolute Gasteiger partial charge is 0.370 e. The van der Waals surface area contributed by atoms with Crippen LogP contribution in [0.15, 0.2) is 42.1 Å². The van der Waals surface area contributed by atoms with Crippen molar-refractivity contribution in [1.29, 1.82) is 0 Å².